The van der Waals surface area contributed by atoms with Crippen molar-refractivity contribution in [2.75, 3.05) is 0 Å². The molecule has 0 atom stereocenters. The fourth-order valence-corrected chi connectivity index (χ4v) is 3.27. The van der Waals surface area contributed by atoms with Crippen LogP contribution < -0.4 is 5.32 Å². The number of furan rings is 1. The van der Waals surface area contributed by atoms with Gasteiger partial charge >= 0.3 is 0 Å². The Balaban J connectivity index is 1.40. The molecule has 0 aliphatic rings. The first-order chi connectivity index (χ1) is 12.7. The molecule has 3 heterocycles. The van der Waals surface area contributed by atoms with Crippen molar-refractivity contribution in [3.05, 3.63) is 76.9 Å². The molecular weight excluding hydrogens is 372 g/mol. The van der Waals surface area contributed by atoms with E-state index in [4.69, 9.17) is 16.0 Å². The second kappa shape index (κ2) is 7.15. The number of carbonyl (C=O) groups is 1. The molecule has 0 radical (unpaired) electrons. The summed E-state index contributed by atoms with van der Waals surface area (Å²) in [5.41, 5.74) is 3.03. The number of amides is 1. The normalized spacial score (nSPS) is 10.8. The minimum absolute atomic E-state index is 0.227. The number of halogens is 1. The smallest absolute Gasteiger partial charge is 0.271 e. The highest BCUT2D eigenvalue weighted by Gasteiger charge is 2.12. The van der Waals surface area contributed by atoms with E-state index in [9.17, 15) is 4.79 Å². The monoisotopic (exact) mass is 384 g/mol. The van der Waals surface area contributed by atoms with Gasteiger partial charge in [0.2, 0.25) is 0 Å². The lowest BCUT2D eigenvalue weighted by molar-refractivity contribution is 0.0946. The summed E-state index contributed by atoms with van der Waals surface area (Å²) in [5, 5.41) is 10.3. The van der Waals surface area contributed by atoms with Crippen molar-refractivity contribution in [3.63, 3.8) is 0 Å². The molecule has 0 aliphatic carbocycles. The Hall–Kier alpha value is -2.90. The molecule has 3 aromatic heterocycles. The van der Waals surface area contributed by atoms with Crippen LogP contribution in [0.1, 0.15) is 16.1 Å². The lowest BCUT2D eigenvalue weighted by atomic mass is 10.3. The number of benzene rings is 1. The number of hydrogen-bond acceptors (Lipinski definition) is 5. The van der Waals surface area contributed by atoms with Crippen LogP contribution in [-0.4, -0.2) is 20.7 Å². The Bertz CT molecular complexity index is 1020. The van der Waals surface area contributed by atoms with Crippen LogP contribution in [-0.2, 0) is 6.54 Å². The van der Waals surface area contributed by atoms with Gasteiger partial charge in [0.05, 0.1) is 18.1 Å². The van der Waals surface area contributed by atoms with Gasteiger partial charge in [0, 0.05) is 34.3 Å². The molecule has 1 aromatic carbocycles. The van der Waals surface area contributed by atoms with E-state index in [2.05, 4.69) is 15.4 Å². The highest BCUT2D eigenvalue weighted by Crippen LogP contribution is 2.23. The van der Waals surface area contributed by atoms with Gasteiger partial charge in [-0.3, -0.25) is 4.79 Å². The molecule has 26 heavy (non-hydrogen) atoms. The van der Waals surface area contributed by atoms with Crippen molar-refractivity contribution < 1.29 is 9.21 Å². The summed E-state index contributed by atoms with van der Waals surface area (Å²) < 4.78 is 6.77. The van der Waals surface area contributed by atoms with Crippen LogP contribution in [0.2, 0.25) is 5.02 Å². The first kappa shape index (κ1) is 16.6. The minimum Gasteiger partial charge on any atom is -0.472 e. The van der Waals surface area contributed by atoms with Gasteiger partial charge in [0.15, 0.2) is 0 Å². The predicted octanol–water partition coefficient (Wildman–Crippen LogP) is 4.17. The van der Waals surface area contributed by atoms with Crippen LogP contribution in [0.25, 0.3) is 16.3 Å². The zero-order chi connectivity index (χ0) is 17.9. The van der Waals surface area contributed by atoms with Crippen LogP contribution in [0, 0.1) is 0 Å². The van der Waals surface area contributed by atoms with Crippen molar-refractivity contribution in [1.29, 1.82) is 0 Å². The Kier molecular flexibility index (Phi) is 4.55. The van der Waals surface area contributed by atoms with Gasteiger partial charge in [-0.1, -0.05) is 11.6 Å². The molecule has 130 valence electrons. The van der Waals surface area contributed by atoms with E-state index >= 15 is 0 Å². The first-order valence-corrected chi connectivity index (χ1v) is 9.00. The van der Waals surface area contributed by atoms with Crippen molar-refractivity contribution in [2.45, 2.75) is 6.54 Å². The fraction of sp³-hybridized carbons (Fsp3) is 0.0556. The lowest BCUT2D eigenvalue weighted by Gasteiger charge is -2.01. The first-order valence-electron chi connectivity index (χ1n) is 7.75. The Morgan fingerprint density at radius 3 is 2.88 bits per heavy atom. The van der Waals surface area contributed by atoms with E-state index in [1.165, 1.54) is 11.3 Å². The van der Waals surface area contributed by atoms with E-state index in [0.717, 1.165) is 21.8 Å². The minimum atomic E-state index is -0.227. The standard InChI is InChI=1S/C18H13ClN4O2S/c19-14-1-3-15(4-2-14)23-9-12(8-21-23)7-20-17(24)16-11-26-18(22-16)13-5-6-25-10-13/h1-6,8-11H,7H2,(H,20,24). The Morgan fingerprint density at radius 2 is 2.12 bits per heavy atom. The van der Waals surface area contributed by atoms with Gasteiger partial charge in [-0.05, 0) is 30.3 Å². The highest BCUT2D eigenvalue weighted by molar-refractivity contribution is 7.13. The molecule has 1 amide bonds. The van der Waals surface area contributed by atoms with E-state index in [1.807, 2.05) is 24.4 Å². The number of nitrogens with zero attached hydrogens (tertiary/aromatic N) is 3. The van der Waals surface area contributed by atoms with Crippen molar-refractivity contribution >= 4 is 28.8 Å². The maximum atomic E-state index is 12.3. The largest absolute Gasteiger partial charge is 0.472 e. The summed E-state index contributed by atoms with van der Waals surface area (Å²) in [4.78, 5) is 16.6. The molecule has 4 rings (SSSR count). The summed E-state index contributed by atoms with van der Waals surface area (Å²) in [6.07, 6.45) is 6.76. The van der Waals surface area contributed by atoms with E-state index < -0.39 is 0 Å². The molecule has 0 spiro atoms. The van der Waals surface area contributed by atoms with Crippen LogP contribution in [0.5, 0.6) is 0 Å². The average molecular weight is 385 g/mol. The molecule has 1 N–H and O–H groups in total. The van der Waals surface area contributed by atoms with E-state index in [-0.39, 0.29) is 5.91 Å². The zero-order valence-corrected chi connectivity index (χ0v) is 15.0. The fourth-order valence-electron chi connectivity index (χ4n) is 2.36. The highest BCUT2D eigenvalue weighted by atomic mass is 35.5. The molecular formula is C18H13ClN4O2S. The van der Waals surface area contributed by atoms with Gasteiger partial charge in [-0.15, -0.1) is 11.3 Å². The summed E-state index contributed by atoms with van der Waals surface area (Å²) in [5.74, 6) is -0.227. The van der Waals surface area contributed by atoms with Gasteiger partial charge in [-0.25, -0.2) is 9.67 Å². The van der Waals surface area contributed by atoms with Crippen LogP contribution in [0.15, 0.2) is 65.0 Å². The van der Waals surface area contributed by atoms with Crippen molar-refractivity contribution in [1.82, 2.24) is 20.1 Å². The third kappa shape index (κ3) is 3.54. The SMILES string of the molecule is O=C(NCc1cnn(-c2ccc(Cl)cc2)c1)c1csc(-c2ccoc2)n1. The van der Waals surface area contributed by atoms with Crippen LogP contribution >= 0.6 is 22.9 Å². The molecule has 0 unspecified atom stereocenters. The lowest BCUT2D eigenvalue weighted by Crippen LogP contribution is -2.22. The average Bonchev–Trinajstić information content (AvgIpc) is 3.41. The molecule has 6 nitrogen and oxygen atoms in total. The summed E-state index contributed by atoms with van der Waals surface area (Å²) in [7, 11) is 0. The summed E-state index contributed by atoms with van der Waals surface area (Å²) in [6, 6.07) is 9.18. The van der Waals surface area contributed by atoms with Gasteiger partial charge in [-0.2, -0.15) is 5.10 Å². The third-order valence-corrected chi connectivity index (χ3v) is 4.83. The van der Waals surface area contributed by atoms with E-state index in [0.29, 0.717) is 17.3 Å². The number of thiazole rings is 1. The molecule has 4 aromatic rings. The molecule has 0 saturated heterocycles. The quantitative estimate of drug-likeness (QED) is 0.560. The van der Waals surface area contributed by atoms with Gasteiger partial charge in [0.25, 0.3) is 5.91 Å². The van der Waals surface area contributed by atoms with Crippen molar-refractivity contribution in [3.8, 4) is 16.3 Å². The number of nitrogens with one attached hydrogen (secondary N) is 1. The van der Waals surface area contributed by atoms with Gasteiger partial charge in [0.1, 0.15) is 17.0 Å². The number of aromatic nitrogens is 3. The Labute approximate surface area is 158 Å². The maximum Gasteiger partial charge on any atom is 0.271 e. The number of carbonyl (C=O) groups excluding carboxylic acids is 1. The molecule has 8 heteroatoms. The van der Waals surface area contributed by atoms with Crippen LogP contribution in [0.4, 0.5) is 0 Å². The summed E-state index contributed by atoms with van der Waals surface area (Å²) >= 11 is 7.29. The van der Waals surface area contributed by atoms with Gasteiger partial charge < -0.3 is 9.73 Å². The van der Waals surface area contributed by atoms with Crippen LogP contribution in [0.3, 0.4) is 0 Å². The molecule has 0 fully saturated rings. The molecule has 0 saturated carbocycles. The zero-order valence-electron chi connectivity index (χ0n) is 13.4. The number of hydrogen-bond donors (Lipinski definition) is 1. The topological polar surface area (TPSA) is 73.0 Å². The summed E-state index contributed by atoms with van der Waals surface area (Å²) in [6.45, 7) is 0.366. The number of rotatable bonds is 5. The predicted molar refractivity (Wildman–Crippen MR) is 99.6 cm³/mol. The van der Waals surface area contributed by atoms with Crippen molar-refractivity contribution in [2.24, 2.45) is 0 Å². The molecule has 0 aliphatic heterocycles. The molecule has 0 bridgehead atoms. The van der Waals surface area contributed by atoms with E-state index in [1.54, 1.807) is 40.9 Å². The Morgan fingerprint density at radius 1 is 1.27 bits per heavy atom. The maximum absolute atomic E-state index is 12.3. The second-order valence-corrected chi connectivity index (χ2v) is 6.80. The third-order valence-electron chi connectivity index (χ3n) is 3.69. The second-order valence-electron chi connectivity index (χ2n) is 5.50.